The number of aromatic hydroxyl groups is 1. The number of nitro benzene ring substituents is 1. The van der Waals surface area contributed by atoms with Gasteiger partial charge in [-0.1, -0.05) is 0 Å². The van der Waals surface area contributed by atoms with Crippen molar-refractivity contribution < 1.29 is 19.9 Å². The number of halogens is 1. The Morgan fingerprint density at radius 2 is 2.07 bits per heavy atom. The fourth-order valence-corrected chi connectivity index (χ4v) is 1.54. The maximum absolute atomic E-state index is 10.6. The number of aromatic carboxylic acids is 1. The summed E-state index contributed by atoms with van der Waals surface area (Å²) in [5.41, 5.74) is -0.807. The number of nitro groups is 1. The number of carboxylic acids is 1. The standard InChI is InChI=1S/C7H4INO5/c8-4-2-6(10)5(9(13)14)1-3(4)7(11)12/h1-2,10H,(H,11,12). The molecule has 14 heavy (non-hydrogen) atoms. The van der Waals surface area contributed by atoms with Crippen molar-refractivity contribution in [2.75, 3.05) is 0 Å². The number of carbonyl (C=O) groups is 1. The van der Waals surface area contributed by atoms with E-state index < -0.39 is 22.3 Å². The van der Waals surface area contributed by atoms with Crippen LogP contribution < -0.4 is 0 Å². The summed E-state index contributed by atoms with van der Waals surface area (Å²) in [5, 5.41) is 28.1. The van der Waals surface area contributed by atoms with Gasteiger partial charge in [-0.05, 0) is 22.6 Å². The Hall–Kier alpha value is -1.38. The van der Waals surface area contributed by atoms with Crippen molar-refractivity contribution in [3.05, 3.63) is 31.4 Å². The molecule has 0 bridgehead atoms. The molecule has 74 valence electrons. The zero-order valence-electron chi connectivity index (χ0n) is 6.60. The minimum atomic E-state index is -1.27. The average Bonchev–Trinajstić information content (AvgIpc) is 2.02. The van der Waals surface area contributed by atoms with Crippen LogP contribution in [0.5, 0.6) is 5.75 Å². The Bertz CT molecular complexity index is 382. The van der Waals surface area contributed by atoms with Gasteiger partial charge in [0.05, 0.1) is 10.5 Å². The number of hydrogen-bond acceptors (Lipinski definition) is 4. The van der Waals surface area contributed by atoms with Gasteiger partial charge >= 0.3 is 11.7 Å². The smallest absolute Gasteiger partial charge is 0.337 e. The monoisotopic (exact) mass is 309 g/mol. The van der Waals surface area contributed by atoms with Crippen LogP contribution in [0.25, 0.3) is 0 Å². The van der Waals surface area contributed by atoms with Crippen LogP contribution in [0.15, 0.2) is 12.1 Å². The lowest BCUT2D eigenvalue weighted by atomic mass is 10.2. The van der Waals surface area contributed by atoms with Crippen LogP contribution in [-0.4, -0.2) is 21.1 Å². The highest BCUT2D eigenvalue weighted by molar-refractivity contribution is 14.1. The Kier molecular flexibility index (Phi) is 2.89. The first-order valence-corrected chi connectivity index (χ1v) is 4.41. The fourth-order valence-electron chi connectivity index (χ4n) is 0.861. The van der Waals surface area contributed by atoms with Gasteiger partial charge in [-0.2, -0.15) is 0 Å². The van der Waals surface area contributed by atoms with Crippen molar-refractivity contribution >= 4 is 34.2 Å². The molecule has 0 atom stereocenters. The lowest BCUT2D eigenvalue weighted by Crippen LogP contribution is -2.01. The summed E-state index contributed by atoms with van der Waals surface area (Å²) < 4.78 is 0.248. The van der Waals surface area contributed by atoms with Gasteiger partial charge in [0, 0.05) is 15.7 Å². The lowest BCUT2D eigenvalue weighted by molar-refractivity contribution is -0.385. The maximum Gasteiger partial charge on any atom is 0.337 e. The molecule has 0 aliphatic heterocycles. The fraction of sp³-hybridized carbons (Fsp3) is 0. The predicted octanol–water partition coefficient (Wildman–Crippen LogP) is 1.60. The highest BCUT2D eigenvalue weighted by atomic mass is 127. The van der Waals surface area contributed by atoms with E-state index in [0.717, 1.165) is 12.1 Å². The van der Waals surface area contributed by atoms with Crippen LogP contribution >= 0.6 is 22.6 Å². The third-order valence-corrected chi connectivity index (χ3v) is 2.38. The quantitative estimate of drug-likeness (QED) is 0.491. The largest absolute Gasteiger partial charge is 0.502 e. The van der Waals surface area contributed by atoms with Crippen molar-refractivity contribution in [1.29, 1.82) is 0 Å². The van der Waals surface area contributed by atoms with Gasteiger partial charge in [0.15, 0.2) is 5.75 Å². The lowest BCUT2D eigenvalue weighted by Gasteiger charge is -2.00. The maximum atomic E-state index is 10.6. The zero-order chi connectivity index (χ0) is 10.9. The summed E-state index contributed by atoms with van der Waals surface area (Å²) in [7, 11) is 0. The Labute approximate surface area is 91.5 Å². The number of hydrogen-bond donors (Lipinski definition) is 2. The van der Waals surface area contributed by atoms with Crippen molar-refractivity contribution in [3.8, 4) is 5.75 Å². The number of rotatable bonds is 2. The topological polar surface area (TPSA) is 101 Å². The molecule has 1 aromatic carbocycles. The average molecular weight is 309 g/mol. The van der Waals surface area contributed by atoms with E-state index in [2.05, 4.69) is 0 Å². The van der Waals surface area contributed by atoms with Crippen molar-refractivity contribution in [2.45, 2.75) is 0 Å². The molecule has 0 saturated carbocycles. The van der Waals surface area contributed by atoms with Gasteiger partial charge in [-0.3, -0.25) is 10.1 Å². The SMILES string of the molecule is O=C(O)c1cc([N+](=O)[O-])c(O)cc1I. The molecule has 0 aliphatic carbocycles. The number of phenols is 1. The van der Waals surface area contributed by atoms with Crippen LogP contribution in [0, 0.1) is 13.7 Å². The summed E-state index contributed by atoms with van der Waals surface area (Å²) in [6, 6.07) is 1.88. The number of benzene rings is 1. The molecular formula is C7H4INO5. The second-order valence-corrected chi connectivity index (χ2v) is 3.55. The van der Waals surface area contributed by atoms with Crippen LogP contribution in [0.2, 0.25) is 0 Å². The number of carboxylic acid groups (broad SMARTS) is 1. The van der Waals surface area contributed by atoms with Crippen LogP contribution in [0.3, 0.4) is 0 Å². The van der Waals surface area contributed by atoms with E-state index in [1.165, 1.54) is 0 Å². The second-order valence-electron chi connectivity index (χ2n) is 2.38. The van der Waals surface area contributed by atoms with Gasteiger partial charge in [-0.25, -0.2) is 4.79 Å². The molecular weight excluding hydrogens is 305 g/mol. The van der Waals surface area contributed by atoms with Crippen LogP contribution in [0.1, 0.15) is 10.4 Å². The summed E-state index contributed by atoms with van der Waals surface area (Å²) in [6.07, 6.45) is 0. The highest BCUT2D eigenvalue weighted by Crippen LogP contribution is 2.29. The third kappa shape index (κ3) is 1.92. The molecule has 0 aliphatic rings. The van der Waals surface area contributed by atoms with Crippen molar-refractivity contribution in [1.82, 2.24) is 0 Å². The van der Waals surface area contributed by atoms with E-state index >= 15 is 0 Å². The summed E-state index contributed by atoms with van der Waals surface area (Å²) in [4.78, 5) is 20.1. The normalized spacial score (nSPS) is 9.79. The minimum absolute atomic E-state index is 0.199. The second kappa shape index (κ2) is 3.78. The molecule has 0 saturated heterocycles. The first-order chi connectivity index (χ1) is 6.43. The molecule has 2 N–H and O–H groups in total. The van der Waals surface area contributed by atoms with Gasteiger partial charge in [0.25, 0.3) is 0 Å². The molecule has 0 fully saturated rings. The zero-order valence-corrected chi connectivity index (χ0v) is 8.76. The molecule has 6 nitrogen and oxygen atoms in total. The Morgan fingerprint density at radius 3 is 2.50 bits per heavy atom. The van der Waals surface area contributed by atoms with E-state index in [1.807, 2.05) is 0 Å². The summed E-state index contributed by atoms with van der Waals surface area (Å²) in [5.74, 6) is -1.80. The van der Waals surface area contributed by atoms with Gasteiger partial charge in [-0.15, -0.1) is 0 Å². The van der Waals surface area contributed by atoms with Crippen LogP contribution in [0.4, 0.5) is 5.69 Å². The minimum Gasteiger partial charge on any atom is -0.502 e. The first-order valence-electron chi connectivity index (χ1n) is 3.33. The first kappa shape index (κ1) is 10.7. The molecule has 0 spiro atoms. The summed E-state index contributed by atoms with van der Waals surface area (Å²) in [6.45, 7) is 0. The Balaban J connectivity index is 3.42. The highest BCUT2D eigenvalue weighted by Gasteiger charge is 2.19. The van der Waals surface area contributed by atoms with E-state index in [4.69, 9.17) is 10.2 Å². The van der Waals surface area contributed by atoms with Gasteiger partial charge < -0.3 is 10.2 Å². The van der Waals surface area contributed by atoms with Gasteiger partial charge in [0.1, 0.15) is 0 Å². The summed E-state index contributed by atoms with van der Waals surface area (Å²) >= 11 is 1.68. The van der Waals surface area contributed by atoms with E-state index in [-0.39, 0.29) is 9.13 Å². The molecule has 0 heterocycles. The van der Waals surface area contributed by atoms with Gasteiger partial charge in [0.2, 0.25) is 0 Å². The third-order valence-electron chi connectivity index (χ3n) is 1.49. The van der Waals surface area contributed by atoms with E-state index in [1.54, 1.807) is 22.6 Å². The van der Waals surface area contributed by atoms with Crippen LogP contribution in [-0.2, 0) is 0 Å². The Morgan fingerprint density at radius 1 is 1.50 bits per heavy atom. The molecule has 0 unspecified atom stereocenters. The van der Waals surface area contributed by atoms with Crippen molar-refractivity contribution in [2.24, 2.45) is 0 Å². The predicted molar refractivity (Wildman–Crippen MR) is 54.4 cm³/mol. The molecule has 0 aromatic heterocycles. The molecule has 0 amide bonds. The molecule has 1 aromatic rings. The van der Waals surface area contributed by atoms with E-state index in [0.29, 0.717) is 0 Å². The van der Waals surface area contributed by atoms with E-state index in [9.17, 15) is 14.9 Å². The number of nitrogens with zero attached hydrogens (tertiary/aromatic N) is 1. The van der Waals surface area contributed by atoms with Crippen molar-refractivity contribution in [3.63, 3.8) is 0 Å². The molecule has 1 rings (SSSR count). The number of phenolic OH excluding ortho intramolecular Hbond substituents is 1. The molecule has 7 heteroatoms. The molecule has 0 radical (unpaired) electrons.